The van der Waals surface area contributed by atoms with Crippen LogP contribution in [0.2, 0.25) is 0 Å². The summed E-state index contributed by atoms with van der Waals surface area (Å²) in [7, 11) is 1.58. The van der Waals surface area contributed by atoms with Gasteiger partial charge < -0.3 is 20.1 Å². The van der Waals surface area contributed by atoms with Gasteiger partial charge in [0.15, 0.2) is 0 Å². The molecule has 0 saturated heterocycles. The molecule has 126 valence electrons. The smallest absolute Gasteiger partial charge is 0.251 e. The van der Waals surface area contributed by atoms with E-state index in [1.165, 1.54) is 23.8 Å². The highest BCUT2D eigenvalue weighted by molar-refractivity contribution is 5.94. The minimum atomic E-state index is -0.375. The summed E-state index contributed by atoms with van der Waals surface area (Å²) in [4.78, 5) is 12.2. The van der Waals surface area contributed by atoms with Crippen LogP contribution >= 0.6 is 0 Å². The van der Waals surface area contributed by atoms with Crippen LogP contribution in [0.5, 0.6) is 0 Å². The molecule has 1 aromatic rings. The fourth-order valence-corrected chi connectivity index (χ4v) is 2.28. The Morgan fingerprint density at radius 3 is 3.00 bits per heavy atom. The molecular formula is C17H23FN2O3. The second kappa shape index (κ2) is 9.39. The van der Waals surface area contributed by atoms with Crippen LogP contribution in [-0.4, -0.2) is 45.9 Å². The molecule has 1 heterocycles. The van der Waals surface area contributed by atoms with E-state index < -0.39 is 0 Å². The maximum Gasteiger partial charge on any atom is 0.251 e. The fraction of sp³-hybridized carbons (Fsp3) is 0.471. The Bertz CT molecular complexity index is 561. The lowest BCUT2D eigenvalue weighted by Gasteiger charge is -2.15. The van der Waals surface area contributed by atoms with Gasteiger partial charge >= 0.3 is 0 Å². The molecule has 5 nitrogen and oxygen atoms in total. The number of ether oxygens (including phenoxy) is 2. The van der Waals surface area contributed by atoms with Gasteiger partial charge in [-0.2, -0.15) is 0 Å². The molecule has 1 aliphatic rings. The molecule has 0 unspecified atom stereocenters. The van der Waals surface area contributed by atoms with Crippen molar-refractivity contribution >= 4 is 5.91 Å². The topological polar surface area (TPSA) is 59.6 Å². The first-order valence-electron chi connectivity index (χ1n) is 7.72. The van der Waals surface area contributed by atoms with Crippen molar-refractivity contribution < 1.29 is 18.7 Å². The highest BCUT2D eigenvalue weighted by Crippen LogP contribution is 2.12. The van der Waals surface area contributed by atoms with E-state index >= 15 is 0 Å². The third kappa shape index (κ3) is 5.74. The molecule has 0 aromatic heterocycles. The molecule has 6 heteroatoms. The SMILES string of the molecule is COCCOCc1cc(C(=O)NCC2=CCNCC2)ccc1F. The van der Waals surface area contributed by atoms with Crippen LogP contribution in [0.25, 0.3) is 0 Å². The molecule has 0 bridgehead atoms. The normalized spacial score (nSPS) is 14.4. The Balaban J connectivity index is 1.90. The number of halogens is 1. The van der Waals surface area contributed by atoms with Crippen LogP contribution in [-0.2, 0) is 16.1 Å². The molecule has 2 N–H and O–H groups in total. The predicted molar refractivity (Wildman–Crippen MR) is 85.8 cm³/mol. The molecule has 1 amide bonds. The van der Waals surface area contributed by atoms with Crippen molar-refractivity contribution in [2.45, 2.75) is 13.0 Å². The third-order valence-electron chi connectivity index (χ3n) is 3.63. The molecule has 1 aromatic carbocycles. The number of rotatable bonds is 8. The third-order valence-corrected chi connectivity index (χ3v) is 3.63. The maximum absolute atomic E-state index is 13.8. The molecule has 0 aliphatic carbocycles. The van der Waals surface area contributed by atoms with Gasteiger partial charge in [0, 0.05) is 31.3 Å². The lowest BCUT2D eigenvalue weighted by atomic mass is 10.1. The highest BCUT2D eigenvalue weighted by atomic mass is 19.1. The van der Waals surface area contributed by atoms with Crippen LogP contribution in [0.3, 0.4) is 0 Å². The summed E-state index contributed by atoms with van der Waals surface area (Å²) in [6.07, 6.45) is 3.02. The second-order valence-electron chi connectivity index (χ2n) is 5.35. The van der Waals surface area contributed by atoms with E-state index in [1.807, 2.05) is 0 Å². The fourth-order valence-electron chi connectivity index (χ4n) is 2.28. The Kier molecular flexibility index (Phi) is 7.19. The summed E-state index contributed by atoms with van der Waals surface area (Å²) in [5, 5.41) is 6.10. The number of hydrogen-bond acceptors (Lipinski definition) is 4. The predicted octanol–water partition coefficient (Wildman–Crippen LogP) is 1.64. The van der Waals surface area contributed by atoms with Crippen molar-refractivity contribution in [1.82, 2.24) is 10.6 Å². The summed E-state index contributed by atoms with van der Waals surface area (Å²) < 4.78 is 23.9. The zero-order valence-corrected chi connectivity index (χ0v) is 13.4. The monoisotopic (exact) mass is 322 g/mol. The second-order valence-corrected chi connectivity index (χ2v) is 5.35. The number of nitrogens with one attached hydrogen (secondary N) is 2. The average Bonchev–Trinajstić information content (AvgIpc) is 2.59. The van der Waals surface area contributed by atoms with Gasteiger partial charge in [-0.3, -0.25) is 4.79 Å². The van der Waals surface area contributed by atoms with E-state index in [2.05, 4.69) is 16.7 Å². The van der Waals surface area contributed by atoms with E-state index in [4.69, 9.17) is 9.47 Å². The van der Waals surface area contributed by atoms with Crippen molar-refractivity contribution in [1.29, 1.82) is 0 Å². The first-order valence-corrected chi connectivity index (χ1v) is 7.72. The van der Waals surface area contributed by atoms with Crippen molar-refractivity contribution in [3.63, 3.8) is 0 Å². The summed E-state index contributed by atoms with van der Waals surface area (Å²) >= 11 is 0. The zero-order chi connectivity index (χ0) is 16.5. The lowest BCUT2D eigenvalue weighted by molar-refractivity contribution is 0.0604. The Labute approximate surface area is 135 Å². The van der Waals surface area contributed by atoms with Crippen molar-refractivity contribution in [3.8, 4) is 0 Å². The first kappa shape index (κ1) is 17.6. The van der Waals surface area contributed by atoms with Gasteiger partial charge in [0.2, 0.25) is 0 Å². The number of methoxy groups -OCH3 is 1. The highest BCUT2D eigenvalue weighted by Gasteiger charge is 2.11. The molecule has 2 rings (SSSR count). The molecule has 0 spiro atoms. The van der Waals surface area contributed by atoms with Gasteiger partial charge in [-0.05, 0) is 31.2 Å². The number of benzene rings is 1. The zero-order valence-electron chi connectivity index (χ0n) is 13.4. The summed E-state index contributed by atoms with van der Waals surface area (Å²) in [5.41, 5.74) is 2.02. The molecule has 0 fully saturated rings. The standard InChI is InChI=1S/C17H23FN2O3/c1-22-8-9-23-12-15-10-14(2-3-16(15)18)17(21)20-11-13-4-6-19-7-5-13/h2-4,10,19H,5-9,11-12H2,1H3,(H,20,21). The Morgan fingerprint density at radius 1 is 1.39 bits per heavy atom. The van der Waals surface area contributed by atoms with Gasteiger partial charge in [-0.1, -0.05) is 11.6 Å². The summed E-state index contributed by atoms with van der Waals surface area (Å²) in [5.74, 6) is -0.581. The van der Waals surface area contributed by atoms with E-state index in [0.29, 0.717) is 30.9 Å². The number of carbonyl (C=O) groups excluding carboxylic acids is 1. The molecular weight excluding hydrogens is 299 g/mol. The van der Waals surface area contributed by atoms with E-state index in [9.17, 15) is 9.18 Å². The molecule has 0 saturated carbocycles. The van der Waals surface area contributed by atoms with E-state index in [-0.39, 0.29) is 18.3 Å². The Morgan fingerprint density at radius 2 is 2.26 bits per heavy atom. The lowest BCUT2D eigenvalue weighted by Crippen LogP contribution is -2.29. The van der Waals surface area contributed by atoms with Gasteiger partial charge in [-0.25, -0.2) is 4.39 Å². The quantitative estimate of drug-likeness (QED) is 0.564. The molecule has 23 heavy (non-hydrogen) atoms. The van der Waals surface area contributed by atoms with Crippen LogP contribution in [0, 0.1) is 5.82 Å². The van der Waals surface area contributed by atoms with E-state index in [0.717, 1.165) is 19.5 Å². The first-order chi connectivity index (χ1) is 11.2. The minimum Gasteiger partial charge on any atom is -0.382 e. The maximum atomic E-state index is 13.8. The summed E-state index contributed by atoms with van der Waals surface area (Å²) in [6, 6.07) is 4.32. The van der Waals surface area contributed by atoms with E-state index in [1.54, 1.807) is 7.11 Å². The van der Waals surface area contributed by atoms with Gasteiger partial charge in [0.25, 0.3) is 5.91 Å². The van der Waals surface area contributed by atoms with Crippen LogP contribution < -0.4 is 10.6 Å². The number of carbonyl (C=O) groups is 1. The summed E-state index contributed by atoms with van der Waals surface area (Å²) in [6.45, 7) is 3.25. The average molecular weight is 322 g/mol. The number of amides is 1. The van der Waals surface area contributed by atoms with Gasteiger partial charge in [-0.15, -0.1) is 0 Å². The van der Waals surface area contributed by atoms with Crippen molar-refractivity contribution in [2.24, 2.45) is 0 Å². The van der Waals surface area contributed by atoms with Crippen LogP contribution in [0.1, 0.15) is 22.3 Å². The van der Waals surface area contributed by atoms with Crippen LogP contribution in [0.15, 0.2) is 29.8 Å². The molecule has 0 atom stereocenters. The van der Waals surface area contributed by atoms with Gasteiger partial charge in [0.1, 0.15) is 5.82 Å². The Hall–Kier alpha value is -1.76. The van der Waals surface area contributed by atoms with Crippen LogP contribution in [0.4, 0.5) is 4.39 Å². The van der Waals surface area contributed by atoms with Crippen molar-refractivity contribution in [2.75, 3.05) is 40.0 Å². The molecule has 0 radical (unpaired) electrons. The van der Waals surface area contributed by atoms with Crippen molar-refractivity contribution in [3.05, 3.63) is 46.8 Å². The number of hydrogen-bond donors (Lipinski definition) is 2. The minimum absolute atomic E-state index is 0.118. The largest absolute Gasteiger partial charge is 0.382 e. The molecule has 1 aliphatic heterocycles. The van der Waals surface area contributed by atoms with Gasteiger partial charge in [0.05, 0.1) is 19.8 Å².